The number of hydrogen-bond donors (Lipinski definition) is 1. The number of amides is 1. The van der Waals surface area contributed by atoms with E-state index in [1.807, 2.05) is 11.0 Å². The van der Waals surface area contributed by atoms with Crippen molar-refractivity contribution in [1.82, 2.24) is 0 Å². The van der Waals surface area contributed by atoms with Gasteiger partial charge in [0.15, 0.2) is 0 Å². The highest BCUT2D eigenvalue weighted by atomic mass is 16.2. The summed E-state index contributed by atoms with van der Waals surface area (Å²) in [6.07, 6.45) is 8.51. The molecule has 1 saturated carbocycles. The maximum absolute atomic E-state index is 11.9. The van der Waals surface area contributed by atoms with Gasteiger partial charge in [-0.2, -0.15) is 0 Å². The summed E-state index contributed by atoms with van der Waals surface area (Å²) in [5.74, 6) is 1.04. The number of rotatable bonds is 4. The summed E-state index contributed by atoms with van der Waals surface area (Å²) in [6, 6.07) is 8.84. The Balaban J connectivity index is 1.66. The van der Waals surface area contributed by atoms with Crippen molar-refractivity contribution in [3.05, 3.63) is 24.3 Å². The molecule has 2 aliphatic rings. The first-order valence-electron chi connectivity index (χ1n) is 8.41. The average molecular weight is 286 g/mol. The van der Waals surface area contributed by atoms with Gasteiger partial charge in [0.2, 0.25) is 5.91 Å². The number of nitrogens with zero attached hydrogens (tertiary/aromatic N) is 1. The Hall–Kier alpha value is -1.51. The molecule has 0 aromatic heterocycles. The molecule has 1 unspecified atom stereocenters. The molecular weight excluding hydrogens is 260 g/mol. The fraction of sp³-hybridized carbons (Fsp3) is 0.611. The average Bonchev–Trinajstić information content (AvgIpc) is 2.94. The lowest BCUT2D eigenvalue weighted by atomic mass is 9.84. The molecule has 3 rings (SSSR count). The van der Waals surface area contributed by atoms with Gasteiger partial charge in [-0.25, -0.2) is 0 Å². The number of hydrogen-bond acceptors (Lipinski definition) is 2. The van der Waals surface area contributed by atoms with Crippen molar-refractivity contribution in [3.63, 3.8) is 0 Å². The van der Waals surface area contributed by atoms with E-state index >= 15 is 0 Å². The predicted molar refractivity (Wildman–Crippen MR) is 87.7 cm³/mol. The summed E-state index contributed by atoms with van der Waals surface area (Å²) in [5, 5.41) is 3.65. The number of benzene rings is 1. The number of nitrogens with one attached hydrogen (secondary N) is 1. The van der Waals surface area contributed by atoms with E-state index in [0.717, 1.165) is 30.3 Å². The van der Waals surface area contributed by atoms with Gasteiger partial charge < -0.3 is 10.2 Å². The Morgan fingerprint density at radius 3 is 2.71 bits per heavy atom. The van der Waals surface area contributed by atoms with Gasteiger partial charge >= 0.3 is 0 Å². The van der Waals surface area contributed by atoms with Crippen LogP contribution in [0.1, 0.15) is 51.9 Å². The fourth-order valence-electron chi connectivity index (χ4n) is 3.70. The molecule has 0 spiro atoms. The Bertz CT molecular complexity index is 494. The topological polar surface area (TPSA) is 32.3 Å². The third-order valence-electron chi connectivity index (χ3n) is 4.98. The first-order valence-corrected chi connectivity index (χ1v) is 8.41. The second-order valence-electron chi connectivity index (χ2n) is 6.53. The van der Waals surface area contributed by atoms with Crippen LogP contribution in [-0.4, -0.2) is 18.5 Å². The zero-order chi connectivity index (χ0) is 14.7. The van der Waals surface area contributed by atoms with E-state index in [1.54, 1.807) is 0 Å². The number of anilines is 2. The lowest BCUT2D eigenvalue weighted by Crippen LogP contribution is -2.28. The van der Waals surface area contributed by atoms with Crippen LogP contribution in [0.25, 0.3) is 0 Å². The van der Waals surface area contributed by atoms with Gasteiger partial charge in [0.05, 0.1) is 0 Å². The summed E-state index contributed by atoms with van der Waals surface area (Å²) in [5.41, 5.74) is 2.18. The molecule has 1 saturated heterocycles. The van der Waals surface area contributed by atoms with Crippen LogP contribution in [0.5, 0.6) is 0 Å². The lowest BCUT2D eigenvalue weighted by Gasteiger charge is -2.29. The molecular formula is C18H26N2O. The number of carbonyl (C=O) groups excluding carboxylic acids is 1. The van der Waals surface area contributed by atoms with E-state index < -0.39 is 0 Å². The maximum atomic E-state index is 11.9. The zero-order valence-electron chi connectivity index (χ0n) is 13.0. The second-order valence-corrected chi connectivity index (χ2v) is 6.53. The molecule has 2 fully saturated rings. The second kappa shape index (κ2) is 6.50. The highest BCUT2D eigenvalue weighted by molar-refractivity contribution is 5.95. The lowest BCUT2D eigenvalue weighted by molar-refractivity contribution is -0.117. The SMILES string of the molecule is CC(Nc1cccc(N2CCCC2=O)c1)C1CCCCC1. The summed E-state index contributed by atoms with van der Waals surface area (Å²) in [7, 11) is 0. The van der Waals surface area contributed by atoms with E-state index in [1.165, 1.54) is 32.1 Å². The van der Waals surface area contributed by atoms with E-state index in [4.69, 9.17) is 0 Å². The molecule has 1 aliphatic heterocycles. The summed E-state index contributed by atoms with van der Waals surface area (Å²) in [4.78, 5) is 13.8. The van der Waals surface area contributed by atoms with E-state index in [9.17, 15) is 4.79 Å². The molecule has 21 heavy (non-hydrogen) atoms. The summed E-state index contributed by atoms with van der Waals surface area (Å²) >= 11 is 0. The van der Waals surface area contributed by atoms with Crippen LogP contribution in [0.3, 0.4) is 0 Å². The van der Waals surface area contributed by atoms with Crippen LogP contribution < -0.4 is 10.2 Å². The number of carbonyl (C=O) groups is 1. The van der Waals surface area contributed by atoms with Gasteiger partial charge in [0.1, 0.15) is 0 Å². The van der Waals surface area contributed by atoms with Gasteiger partial charge in [-0.3, -0.25) is 4.79 Å². The van der Waals surface area contributed by atoms with Crippen LogP contribution in [0, 0.1) is 5.92 Å². The fourth-order valence-corrected chi connectivity index (χ4v) is 3.70. The molecule has 0 radical (unpaired) electrons. The van der Waals surface area contributed by atoms with Crippen molar-refractivity contribution in [1.29, 1.82) is 0 Å². The molecule has 3 nitrogen and oxygen atoms in total. The van der Waals surface area contributed by atoms with E-state index in [-0.39, 0.29) is 5.91 Å². The smallest absolute Gasteiger partial charge is 0.227 e. The molecule has 1 aliphatic carbocycles. The highest BCUT2D eigenvalue weighted by Crippen LogP contribution is 2.29. The van der Waals surface area contributed by atoms with E-state index in [0.29, 0.717) is 12.5 Å². The van der Waals surface area contributed by atoms with Crippen molar-refractivity contribution in [2.75, 3.05) is 16.8 Å². The molecule has 114 valence electrons. The Kier molecular flexibility index (Phi) is 4.47. The molecule has 0 bridgehead atoms. The van der Waals surface area contributed by atoms with Gasteiger partial charge in [-0.15, -0.1) is 0 Å². The van der Waals surface area contributed by atoms with Crippen molar-refractivity contribution in [3.8, 4) is 0 Å². The van der Waals surface area contributed by atoms with Crippen LogP contribution in [0.2, 0.25) is 0 Å². The highest BCUT2D eigenvalue weighted by Gasteiger charge is 2.23. The monoisotopic (exact) mass is 286 g/mol. The van der Waals surface area contributed by atoms with Crippen molar-refractivity contribution in [2.24, 2.45) is 5.92 Å². The predicted octanol–water partition coefficient (Wildman–Crippen LogP) is 4.19. The minimum atomic E-state index is 0.257. The van der Waals surface area contributed by atoms with E-state index in [2.05, 4.69) is 30.4 Å². The van der Waals surface area contributed by atoms with Gasteiger partial charge in [-0.05, 0) is 50.3 Å². The minimum absolute atomic E-state index is 0.257. The largest absolute Gasteiger partial charge is 0.382 e. The maximum Gasteiger partial charge on any atom is 0.227 e. The van der Waals surface area contributed by atoms with Crippen molar-refractivity contribution >= 4 is 17.3 Å². The third-order valence-corrected chi connectivity index (χ3v) is 4.98. The summed E-state index contributed by atoms with van der Waals surface area (Å²) < 4.78 is 0. The minimum Gasteiger partial charge on any atom is -0.382 e. The molecule has 1 N–H and O–H groups in total. The van der Waals surface area contributed by atoms with Crippen LogP contribution >= 0.6 is 0 Å². The molecule has 1 aromatic rings. The standard InChI is InChI=1S/C18H26N2O/c1-14(15-7-3-2-4-8-15)19-16-9-5-10-17(13-16)20-12-6-11-18(20)21/h5,9-10,13-15,19H,2-4,6-8,11-12H2,1H3. The Morgan fingerprint density at radius 1 is 1.19 bits per heavy atom. The first-order chi connectivity index (χ1) is 10.2. The normalized spacial score (nSPS) is 21.6. The quantitative estimate of drug-likeness (QED) is 0.900. The van der Waals surface area contributed by atoms with Crippen LogP contribution in [0.4, 0.5) is 11.4 Å². The van der Waals surface area contributed by atoms with Crippen LogP contribution in [-0.2, 0) is 4.79 Å². The van der Waals surface area contributed by atoms with Crippen molar-refractivity contribution in [2.45, 2.75) is 57.9 Å². The van der Waals surface area contributed by atoms with Gasteiger partial charge in [-0.1, -0.05) is 25.3 Å². The van der Waals surface area contributed by atoms with Gasteiger partial charge in [0, 0.05) is 30.4 Å². The Labute approximate surface area is 127 Å². The summed E-state index contributed by atoms with van der Waals surface area (Å²) in [6.45, 7) is 3.16. The third kappa shape index (κ3) is 3.39. The molecule has 1 aromatic carbocycles. The molecule has 1 heterocycles. The molecule has 1 atom stereocenters. The Morgan fingerprint density at radius 2 is 2.00 bits per heavy atom. The molecule has 1 amide bonds. The van der Waals surface area contributed by atoms with Crippen LogP contribution in [0.15, 0.2) is 24.3 Å². The van der Waals surface area contributed by atoms with Crippen molar-refractivity contribution < 1.29 is 4.79 Å². The van der Waals surface area contributed by atoms with Gasteiger partial charge in [0.25, 0.3) is 0 Å². The zero-order valence-corrected chi connectivity index (χ0v) is 13.0. The molecule has 3 heteroatoms. The first kappa shape index (κ1) is 14.4.